The summed E-state index contributed by atoms with van der Waals surface area (Å²) in [7, 11) is 0. The van der Waals surface area contributed by atoms with E-state index in [1.165, 1.54) is 11.8 Å². The third-order valence-corrected chi connectivity index (χ3v) is 8.14. The molecule has 4 heterocycles. The number of nitrogens with one attached hydrogen (secondary N) is 3. The van der Waals surface area contributed by atoms with Gasteiger partial charge in [-0.25, -0.2) is 9.18 Å². The van der Waals surface area contributed by atoms with Crippen LogP contribution in [0.1, 0.15) is 25.3 Å². The molecule has 2 saturated heterocycles. The number of aromatic nitrogens is 2. The zero-order valence-corrected chi connectivity index (χ0v) is 20.3. The van der Waals surface area contributed by atoms with Gasteiger partial charge in [0.25, 0.3) is 5.89 Å². The van der Waals surface area contributed by atoms with Crippen molar-refractivity contribution in [2.45, 2.75) is 42.0 Å². The topological polar surface area (TPSA) is 112 Å². The molecule has 2 aliphatic rings. The third kappa shape index (κ3) is 4.93. The number of thiophene rings is 1. The molecule has 3 amide bonds. The van der Waals surface area contributed by atoms with Crippen molar-refractivity contribution in [3.05, 3.63) is 24.1 Å². The molecule has 1 aromatic carbocycles. The fraction of sp³-hybridized carbons (Fsp3) is 0.429. The zero-order valence-electron chi connectivity index (χ0n) is 18.7. The molecule has 3 atom stereocenters. The number of rotatable bonds is 5. The summed E-state index contributed by atoms with van der Waals surface area (Å²) in [6, 6.07) is 3.07. The first kappa shape index (κ1) is 24.6. The van der Waals surface area contributed by atoms with Crippen LogP contribution < -0.4 is 16.0 Å². The van der Waals surface area contributed by atoms with Crippen molar-refractivity contribution in [3.63, 3.8) is 0 Å². The first-order valence-corrected chi connectivity index (χ1v) is 12.6. The van der Waals surface area contributed by atoms with Crippen LogP contribution in [0.25, 0.3) is 20.8 Å². The molecule has 0 radical (unpaired) electrons. The van der Waals surface area contributed by atoms with Gasteiger partial charge in [0, 0.05) is 36.8 Å². The maximum absolute atomic E-state index is 14.7. The Morgan fingerprint density at radius 3 is 2.86 bits per heavy atom. The number of alkyl halides is 4. The van der Waals surface area contributed by atoms with Gasteiger partial charge in [0.15, 0.2) is 0 Å². The number of halogens is 4. The minimum atomic E-state index is -4.59. The van der Waals surface area contributed by atoms with Crippen molar-refractivity contribution >= 4 is 50.8 Å². The van der Waals surface area contributed by atoms with Crippen LogP contribution in [0.3, 0.4) is 0 Å². The number of hydrogen-bond acceptors (Lipinski definition) is 8. The lowest BCUT2D eigenvalue weighted by Crippen LogP contribution is -2.50. The van der Waals surface area contributed by atoms with Gasteiger partial charge in [-0.2, -0.15) is 18.2 Å². The SMILES string of the molecule is CC(=O)N1CC[C@H](F)[C@H](Nc2cccc3c(SC(F)(F)F)c(-c4noc([C@H]5CNC(=O)N5)n4)sc23)C1. The van der Waals surface area contributed by atoms with Gasteiger partial charge in [-0.1, -0.05) is 17.3 Å². The minimum Gasteiger partial charge on any atom is -0.376 e. The normalized spacial score (nSPS) is 22.5. The molecule has 9 nitrogen and oxygen atoms in total. The van der Waals surface area contributed by atoms with Gasteiger partial charge in [-0.15, -0.1) is 11.3 Å². The second-order valence-corrected chi connectivity index (χ2v) is 10.5. The van der Waals surface area contributed by atoms with Crippen LogP contribution in [0.2, 0.25) is 0 Å². The van der Waals surface area contributed by atoms with Crippen molar-refractivity contribution in [2.75, 3.05) is 25.0 Å². The Labute approximate surface area is 210 Å². The number of thioether (sulfide) groups is 1. The van der Waals surface area contributed by atoms with Crippen LogP contribution in [0.15, 0.2) is 27.6 Å². The van der Waals surface area contributed by atoms with E-state index in [1.807, 2.05) is 0 Å². The van der Waals surface area contributed by atoms with Crippen molar-refractivity contribution in [2.24, 2.45) is 0 Å². The van der Waals surface area contributed by atoms with Crippen LogP contribution in [0.5, 0.6) is 0 Å². The Morgan fingerprint density at radius 2 is 2.17 bits per heavy atom. The van der Waals surface area contributed by atoms with E-state index in [2.05, 4.69) is 26.1 Å². The Hall–Kier alpha value is -3.07. The number of urea groups is 1. The van der Waals surface area contributed by atoms with E-state index in [0.717, 1.165) is 11.3 Å². The molecule has 2 aliphatic heterocycles. The molecule has 5 rings (SSSR count). The average molecular weight is 545 g/mol. The van der Waals surface area contributed by atoms with Gasteiger partial charge in [0.05, 0.1) is 21.3 Å². The second-order valence-electron chi connectivity index (χ2n) is 8.37. The number of carbonyl (C=O) groups excluding carboxylic acids is 2. The molecule has 0 spiro atoms. The van der Waals surface area contributed by atoms with E-state index in [0.29, 0.717) is 22.3 Å². The third-order valence-electron chi connectivity index (χ3n) is 5.92. The molecule has 3 aromatic rings. The van der Waals surface area contributed by atoms with Crippen LogP contribution in [-0.4, -0.2) is 64.3 Å². The van der Waals surface area contributed by atoms with Crippen molar-refractivity contribution in [1.29, 1.82) is 0 Å². The number of piperidine rings is 1. The summed E-state index contributed by atoms with van der Waals surface area (Å²) in [5, 5.41) is 12.4. The smallest absolute Gasteiger partial charge is 0.376 e. The Balaban J connectivity index is 1.53. The Kier molecular flexibility index (Phi) is 6.44. The molecule has 0 bridgehead atoms. The van der Waals surface area contributed by atoms with E-state index < -0.39 is 29.8 Å². The zero-order chi connectivity index (χ0) is 25.6. The highest BCUT2D eigenvalue weighted by Gasteiger charge is 2.36. The first-order valence-electron chi connectivity index (χ1n) is 10.9. The Bertz CT molecular complexity index is 1310. The predicted octanol–water partition coefficient (Wildman–Crippen LogP) is 4.29. The van der Waals surface area contributed by atoms with E-state index in [-0.39, 0.29) is 58.7 Å². The second kappa shape index (κ2) is 9.42. The number of benzene rings is 1. The van der Waals surface area contributed by atoms with Gasteiger partial charge in [0.1, 0.15) is 12.2 Å². The summed E-state index contributed by atoms with van der Waals surface area (Å²) in [4.78, 5) is 29.0. The summed E-state index contributed by atoms with van der Waals surface area (Å²) in [6.45, 7) is 2.07. The molecule has 192 valence electrons. The number of nitrogens with zero attached hydrogens (tertiary/aromatic N) is 3. The summed E-state index contributed by atoms with van der Waals surface area (Å²) in [5.74, 6) is -0.154. The van der Waals surface area contributed by atoms with E-state index in [9.17, 15) is 27.2 Å². The summed E-state index contributed by atoms with van der Waals surface area (Å²) < 4.78 is 61.0. The molecule has 0 saturated carbocycles. The first-order chi connectivity index (χ1) is 17.1. The predicted molar refractivity (Wildman–Crippen MR) is 125 cm³/mol. The maximum Gasteiger partial charge on any atom is 0.446 e. The molecule has 0 aliphatic carbocycles. The molecular formula is C21H20F4N6O3S2. The monoisotopic (exact) mass is 544 g/mol. The average Bonchev–Trinajstić information content (AvgIpc) is 3.53. The van der Waals surface area contributed by atoms with E-state index in [1.54, 1.807) is 18.2 Å². The number of hydrogen-bond donors (Lipinski definition) is 3. The largest absolute Gasteiger partial charge is 0.446 e. The number of carbonyl (C=O) groups is 2. The number of likely N-dealkylation sites (tertiary alicyclic amines) is 1. The fourth-order valence-corrected chi connectivity index (χ4v) is 6.30. The molecule has 36 heavy (non-hydrogen) atoms. The molecule has 2 aromatic heterocycles. The van der Waals surface area contributed by atoms with Crippen molar-refractivity contribution in [1.82, 2.24) is 25.7 Å². The van der Waals surface area contributed by atoms with Crippen molar-refractivity contribution < 1.29 is 31.7 Å². The molecule has 15 heteroatoms. The van der Waals surface area contributed by atoms with Crippen LogP contribution in [-0.2, 0) is 4.79 Å². The highest BCUT2D eigenvalue weighted by molar-refractivity contribution is 8.00. The lowest BCUT2D eigenvalue weighted by atomic mass is 10.0. The van der Waals surface area contributed by atoms with Crippen LogP contribution in [0, 0.1) is 0 Å². The Morgan fingerprint density at radius 1 is 1.36 bits per heavy atom. The van der Waals surface area contributed by atoms with Crippen molar-refractivity contribution in [3.8, 4) is 10.7 Å². The van der Waals surface area contributed by atoms with E-state index in [4.69, 9.17) is 4.52 Å². The maximum atomic E-state index is 14.7. The quantitative estimate of drug-likeness (QED) is 0.325. The lowest BCUT2D eigenvalue weighted by Gasteiger charge is -2.35. The standard InChI is InChI=1S/C21H20F4N6O3S2/c1-9(32)31-6-5-11(22)14(8-31)27-12-4-2-3-10-15(12)35-17(16(10)36-21(23,24)25)18-29-19(34-30-18)13-7-26-20(33)28-13/h2-4,11,13-14,27H,5-8H2,1H3,(H2,26,28,33)/t11-,13+,14+/m0/s1. The molecule has 2 fully saturated rings. The van der Waals surface area contributed by atoms with Gasteiger partial charge < -0.3 is 25.4 Å². The highest BCUT2D eigenvalue weighted by atomic mass is 32.2. The number of anilines is 1. The van der Waals surface area contributed by atoms with Gasteiger partial charge in [-0.3, -0.25) is 4.79 Å². The highest BCUT2D eigenvalue weighted by Crippen LogP contribution is 2.50. The van der Waals surface area contributed by atoms with Gasteiger partial charge >= 0.3 is 11.5 Å². The summed E-state index contributed by atoms with van der Waals surface area (Å²) in [6.07, 6.45) is -1.06. The number of amides is 3. The minimum absolute atomic E-state index is 0.0474. The summed E-state index contributed by atoms with van der Waals surface area (Å²) >= 11 is 0.735. The van der Waals surface area contributed by atoms with Crippen LogP contribution >= 0.6 is 23.1 Å². The molecule has 0 unspecified atom stereocenters. The van der Waals surface area contributed by atoms with Gasteiger partial charge in [0.2, 0.25) is 11.7 Å². The van der Waals surface area contributed by atoms with Gasteiger partial charge in [-0.05, 0) is 24.2 Å². The molecular weight excluding hydrogens is 524 g/mol. The molecule has 3 N–H and O–H groups in total. The number of fused-ring (bicyclic) bond motifs is 1. The fourth-order valence-electron chi connectivity index (χ4n) is 4.19. The van der Waals surface area contributed by atoms with Crippen LogP contribution in [0.4, 0.5) is 28.0 Å². The lowest BCUT2D eigenvalue weighted by molar-refractivity contribution is -0.130. The van der Waals surface area contributed by atoms with E-state index >= 15 is 0 Å². The summed E-state index contributed by atoms with van der Waals surface area (Å²) in [5.41, 5.74) is -4.14.